The molecule has 2 aromatic heterocycles. The van der Waals surface area contributed by atoms with Gasteiger partial charge in [-0.25, -0.2) is 39.1 Å². The lowest BCUT2D eigenvalue weighted by molar-refractivity contribution is 0.0481. The van der Waals surface area contributed by atoms with Gasteiger partial charge in [0.05, 0.1) is 58.8 Å². The number of hydrogen-bond donors (Lipinski definition) is 3. The first-order valence-electron chi connectivity index (χ1n) is 23.2. The Morgan fingerprint density at radius 3 is 1.45 bits per heavy atom. The van der Waals surface area contributed by atoms with E-state index in [0.717, 1.165) is 90.9 Å². The Labute approximate surface area is 412 Å². The zero-order valence-electron chi connectivity index (χ0n) is 40.6. The van der Waals surface area contributed by atoms with Gasteiger partial charge in [0.1, 0.15) is 21.5 Å². The van der Waals surface area contributed by atoms with Gasteiger partial charge in [0.25, 0.3) is 0 Å². The summed E-state index contributed by atoms with van der Waals surface area (Å²) in [4.78, 5) is 66.2. The van der Waals surface area contributed by atoms with Crippen LogP contribution in [0.4, 0.5) is 9.59 Å². The molecule has 2 fully saturated rings. The standard InChI is InChI=1S/C27H31N3O4.C16H11BrN2O2.C10H20N2O2/c1-27(2,3)34-26(32)28-20-13-10-18(11-14-20)24-23(17-8-6-5-7-9-17)29-21-15-12-19(25(31)33-4)16-22(21)30-24;1-21-16(20)11-7-8-12-13(9-11)19-15(17)14(18-12)10-5-3-2-4-6-10;1-10(2,3)14-9(13)12-8-4-6-11-7-5-8/h5-9,12,15-16,18,20H,10-11,13-14H2,1-4H3,(H,28,32);2-9H,1H3;8,11H,4-7H2,1-3H3,(H,12,13). The number of piperidine rings is 1. The molecule has 16 heteroatoms. The highest BCUT2D eigenvalue weighted by molar-refractivity contribution is 9.10. The van der Waals surface area contributed by atoms with Crippen molar-refractivity contribution in [2.45, 2.75) is 109 Å². The number of rotatable bonds is 7. The second-order valence-electron chi connectivity index (χ2n) is 18.8. The summed E-state index contributed by atoms with van der Waals surface area (Å²) >= 11 is 3.44. The van der Waals surface area contributed by atoms with Gasteiger partial charge in [-0.3, -0.25) is 0 Å². The van der Waals surface area contributed by atoms with Crippen LogP contribution in [0.3, 0.4) is 0 Å². The number of nitrogens with one attached hydrogen (secondary N) is 3. The SMILES string of the molecule is CC(C)(C)OC(=O)NC1CCNCC1.COC(=O)c1ccc2nc(-c3ccccc3)c(Br)nc2c1.COC(=O)c1ccc2nc(-c3ccccc3)c(C3CCC(NC(=O)OC(C)(C)C)CC3)nc2c1. The van der Waals surface area contributed by atoms with Crippen LogP contribution in [-0.2, 0) is 18.9 Å². The minimum atomic E-state index is -0.518. The minimum absolute atomic E-state index is 0.0746. The second-order valence-corrected chi connectivity index (χ2v) is 19.6. The number of alkyl carbamates (subject to hydrolysis) is 2. The summed E-state index contributed by atoms with van der Waals surface area (Å²) in [5, 5.41) is 9.12. The molecule has 1 saturated heterocycles. The first kappa shape index (κ1) is 51.9. The highest BCUT2D eigenvalue weighted by Gasteiger charge is 2.29. The van der Waals surface area contributed by atoms with Gasteiger partial charge < -0.3 is 34.9 Å². The number of fused-ring (bicyclic) bond motifs is 2. The van der Waals surface area contributed by atoms with Crippen molar-refractivity contribution in [2.24, 2.45) is 0 Å². The van der Waals surface area contributed by atoms with Crippen LogP contribution in [0.5, 0.6) is 0 Å². The molecule has 69 heavy (non-hydrogen) atoms. The molecule has 8 rings (SSSR count). The lowest BCUT2D eigenvalue weighted by Crippen LogP contribution is -2.44. The van der Waals surface area contributed by atoms with Gasteiger partial charge in [0.2, 0.25) is 0 Å². The number of methoxy groups -OCH3 is 2. The molecule has 0 spiro atoms. The molecule has 0 radical (unpaired) electrons. The Kier molecular flexibility index (Phi) is 17.8. The predicted octanol–water partition coefficient (Wildman–Crippen LogP) is 10.7. The molecule has 4 aromatic carbocycles. The van der Waals surface area contributed by atoms with Crippen LogP contribution in [0.15, 0.2) is 102 Å². The third-order valence-corrected chi connectivity index (χ3v) is 11.7. The van der Waals surface area contributed by atoms with Crippen molar-refractivity contribution in [3.8, 4) is 22.5 Å². The van der Waals surface area contributed by atoms with Crippen molar-refractivity contribution < 1.29 is 38.1 Å². The number of carbonyl (C=O) groups is 4. The first-order valence-corrected chi connectivity index (χ1v) is 23.9. The zero-order chi connectivity index (χ0) is 49.7. The van der Waals surface area contributed by atoms with E-state index in [1.807, 2.05) is 108 Å². The molecule has 0 bridgehead atoms. The second kappa shape index (κ2) is 23.7. The van der Waals surface area contributed by atoms with Gasteiger partial charge in [-0.1, -0.05) is 60.7 Å². The number of benzene rings is 4. The van der Waals surface area contributed by atoms with Crippen LogP contribution in [0.2, 0.25) is 0 Å². The largest absolute Gasteiger partial charge is 0.465 e. The van der Waals surface area contributed by atoms with E-state index in [1.54, 1.807) is 30.3 Å². The number of esters is 2. The molecule has 3 heterocycles. The Morgan fingerprint density at radius 1 is 0.551 bits per heavy atom. The number of nitrogens with zero attached hydrogens (tertiary/aromatic N) is 4. The van der Waals surface area contributed by atoms with Gasteiger partial charge >= 0.3 is 24.1 Å². The number of ether oxygens (including phenoxy) is 4. The highest BCUT2D eigenvalue weighted by Crippen LogP contribution is 2.38. The lowest BCUT2D eigenvalue weighted by Gasteiger charge is -2.30. The maximum atomic E-state index is 12.2. The molecule has 1 saturated carbocycles. The fourth-order valence-corrected chi connectivity index (χ4v) is 8.40. The third kappa shape index (κ3) is 15.2. The average Bonchev–Trinajstić information content (AvgIpc) is 3.32. The monoisotopic (exact) mass is 1000 g/mol. The molecule has 2 amide bonds. The number of aromatic nitrogens is 4. The molecule has 6 aromatic rings. The number of carbonyl (C=O) groups excluding carboxylic acids is 4. The Hall–Kier alpha value is -6.52. The fraction of sp³-hybridized carbons (Fsp3) is 0.396. The minimum Gasteiger partial charge on any atom is -0.465 e. The molecule has 1 aliphatic heterocycles. The van der Waals surface area contributed by atoms with Gasteiger partial charge in [-0.2, -0.15) is 0 Å². The summed E-state index contributed by atoms with van der Waals surface area (Å²) in [7, 11) is 2.72. The van der Waals surface area contributed by atoms with Crippen molar-refractivity contribution in [1.29, 1.82) is 0 Å². The van der Waals surface area contributed by atoms with Gasteiger partial charge in [-0.05, 0) is 145 Å². The number of halogens is 1. The summed E-state index contributed by atoms with van der Waals surface area (Å²) in [6.07, 6.45) is 4.71. The van der Waals surface area contributed by atoms with Crippen LogP contribution in [0, 0.1) is 0 Å². The maximum Gasteiger partial charge on any atom is 0.407 e. The quantitative estimate of drug-likeness (QED) is 0.101. The van der Waals surface area contributed by atoms with Crippen LogP contribution in [0.1, 0.15) is 112 Å². The summed E-state index contributed by atoms with van der Waals surface area (Å²) in [5.74, 6) is -0.585. The smallest absolute Gasteiger partial charge is 0.407 e. The van der Waals surface area contributed by atoms with Gasteiger partial charge in [-0.15, -0.1) is 0 Å². The average molecular weight is 1010 g/mol. The molecule has 2 aliphatic rings. The predicted molar refractivity (Wildman–Crippen MR) is 270 cm³/mol. The number of amides is 2. The van der Waals surface area contributed by atoms with E-state index in [2.05, 4.69) is 41.8 Å². The highest BCUT2D eigenvalue weighted by atomic mass is 79.9. The Balaban J connectivity index is 0.000000189. The summed E-state index contributed by atoms with van der Waals surface area (Å²) < 4.78 is 20.8. The molecule has 3 N–H and O–H groups in total. The van der Waals surface area contributed by atoms with E-state index in [-0.39, 0.29) is 36.2 Å². The normalized spacial score (nSPS) is 16.1. The summed E-state index contributed by atoms with van der Waals surface area (Å²) in [6, 6.07) is 30.6. The van der Waals surface area contributed by atoms with Crippen LogP contribution < -0.4 is 16.0 Å². The molecule has 15 nitrogen and oxygen atoms in total. The first-order chi connectivity index (χ1) is 32.9. The van der Waals surface area contributed by atoms with Crippen LogP contribution >= 0.6 is 15.9 Å². The molecule has 0 atom stereocenters. The third-order valence-electron chi connectivity index (χ3n) is 11.1. The fourth-order valence-electron chi connectivity index (χ4n) is 7.89. The van der Waals surface area contributed by atoms with Crippen molar-refractivity contribution >= 4 is 62.1 Å². The lowest BCUT2D eigenvalue weighted by atomic mass is 9.82. The van der Waals surface area contributed by atoms with Crippen molar-refractivity contribution in [1.82, 2.24) is 35.9 Å². The Morgan fingerprint density at radius 2 is 0.986 bits per heavy atom. The van der Waals surface area contributed by atoms with E-state index in [0.29, 0.717) is 26.8 Å². The van der Waals surface area contributed by atoms with E-state index >= 15 is 0 Å². The molecule has 1 aliphatic carbocycles. The van der Waals surface area contributed by atoms with Crippen molar-refractivity contribution in [3.05, 3.63) is 118 Å². The van der Waals surface area contributed by atoms with Gasteiger partial charge in [0.15, 0.2) is 0 Å². The zero-order valence-corrected chi connectivity index (χ0v) is 42.1. The van der Waals surface area contributed by atoms with Crippen molar-refractivity contribution in [3.63, 3.8) is 0 Å². The van der Waals surface area contributed by atoms with Gasteiger partial charge in [0, 0.05) is 29.1 Å². The molecule has 364 valence electrons. The topological polar surface area (TPSA) is 193 Å². The van der Waals surface area contributed by atoms with Crippen LogP contribution in [0.25, 0.3) is 44.6 Å². The van der Waals surface area contributed by atoms with E-state index in [1.165, 1.54) is 14.2 Å². The van der Waals surface area contributed by atoms with Crippen LogP contribution in [-0.4, -0.2) is 94.7 Å². The Bertz CT molecular complexity index is 2710. The van der Waals surface area contributed by atoms with Crippen molar-refractivity contribution in [2.75, 3.05) is 27.3 Å². The molecular weight excluding hydrogens is 943 g/mol. The summed E-state index contributed by atoms with van der Waals surface area (Å²) in [6.45, 7) is 13.1. The van der Waals surface area contributed by atoms with E-state index < -0.39 is 17.2 Å². The molecule has 0 unspecified atom stereocenters. The van der Waals surface area contributed by atoms with E-state index in [4.69, 9.17) is 28.9 Å². The summed E-state index contributed by atoms with van der Waals surface area (Å²) in [5.41, 5.74) is 7.32. The number of hydrogen-bond acceptors (Lipinski definition) is 13. The maximum absolute atomic E-state index is 12.2. The van der Waals surface area contributed by atoms with E-state index in [9.17, 15) is 19.2 Å². The molecular formula is C53H62BrN7O8.